The average molecular weight is 288 g/mol. The molecule has 0 fully saturated rings. The quantitative estimate of drug-likeness (QED) is 0.374. The average Bonchev–Trinajstić information content (AvgIpc) is 2.21. The summed E-state index contributed by atoms with van der Waals surface area (Å²) in [6, 6.07) is 4.55. The largest absolute Gasteiger partial charge is 0.271 e. The lowest BCUT2D eigenvalue weighted by atomic mass is 10.3. The van der Waals surface area contributed by atoms with Crippen molar-refractivity contribution in [2.24, 2.45) is 4.99 Å². The van der Waals surface area contributed by atoms with Crippen molar-refractivity contribution in [2.45, 2.75) is 0 Å². The Labute approximate surface area is 99.5 Å². The number of aliphatic imine (C=N–C) groups is 1. The fourth-order valence-corrected chi connectivity index (χ4v) is 1.52. The van der Waals surface area contributed by atoms with E-state index >= 15 is 0 Å². The maximum Gasteiger partial charge on any atom is 0.183 e. The van der Waals surface area contributed by atoms with Crippen LogP contribution in [0.25, 0.3) is 0 Å². The second kappa shape index (κ2) is 5.73. The van der Waals surface area contributed by atoms with E-state index in [1.807, 2.05) is 0 Å². The molecular formula is C9H7BrFN3S. The van der Waals surface area contributed by atoms with Crippen molar-refractivity contribution in [3.05, 3.63) is 28.5 Å². The number of nitrogens with one attached hydrogen (secondary N) is 1. The summed E-state index contributed by atoms with van der Waals surface area (Å²) in [6.45, 7) is 0. The zero-order valence-corrected chi connectivity index (χ0v) is 10.2. The smallest absolute Gasteiger partial charge is 0.183 e. The van der Waals surface area contributed by atoms with E-state index in [9.17, 15) is 4.39 Å². The molecule has 0 aromatic heterocycles. The summed E-state index contributed by atoms with van der Waals surface area (Å²) in [4.78, 5) is 3.96. The molecule has 0 saturated carbocycles. The normalized spacial score (nSPS) is 10.9. The van der Waals surface area contributed by atoms with E-state index in [-0.39, 0.29) is 5.69 Å². The first-order valence-corrected chi connectivity index (χ1v) is 5.92. The molecule has 1 rings (SSSR count). The third-order valence-corrected chi connectivity index (χ3v) is 2.56. The molecule has 0 bridgehead atoms. The van der Waals surface area contributed by atoms with Crippen molar-refractivity contribution in [1.82, 2.24) is 5.32 Å². The number of halogens is 2. The molecule has 0 saturated heterocycles. The van der Waals surface area contributed by atoms with Crippen molar-refractivity contribution in [3.8, 4) is 6.19 Å². The van der Waals surface area contributed by atoms with Gasteiger partial charge in [0.1, 0.15) is 11.5 Å². The van der Waals surface area contributed by atoms with Gasteiger partial charge in [-0.1, -0.05) is 27.7 Å². The first-order chi connectivity index (χ1) is 7.17. The Bertz CT molecular complexity index is 428. The van der Waals surface area contributed by atoms with Crippen molar-refractivity contribution < 1.29 is 4.39 Å². The van der Waals surface area contributed by atoms with E-state index in [1.54, 1.807) is 18.5 Å². The first kappa shape index (κ1) is 12.0. The van der Waals surface area contributed by atoms with E-state index < -0.39 is 5.82 Å². The van der Waals surface area contributed by atoms with Gasteiger partial charge >= 0.3 is 0 Å². The minimum absolute atomic E-state index is 0.199. The summed E-state index contributed by atoms with van der Waals surface area (Å²) >= 11 is 4.39. The van der Waals surface area contributed by atoms with Gasteiger partial charge in [0.2, 0.25) is 0 Å². The number of amidine groups is 1. The van der Waals surface area contributed by atoms with Gasteiger partial charge in [-0.25, -0.2) is 9.38 Å². The van der Waals surface area contributed by atoms with Crippen molar-refractivity contribution in [3.63, 3.8) is 0 Å². The number of nitrogens with zero attached hydrogens (tertiary/aromatic N) is 2. The van der Waals surface area contributed by atoms with Crippen LogP contribution in [0, 0.1) is 17.3 Å². The van der Waals surface area contributed by atoms with Crippen LogP contribution in [0.3, 0.4) is 0 Å². The third-order valence-electron chi connectivity index (χ3n) is 1.49. The molecule has 0 radical (unpaired) electrons. The number of rotatable bonds is 1. The summed E-state index contributed by atoms with van der Waals surface area (Å²) in [5.41, 5.74) is 0.199. The molecule has 78 valence electrons. The van der Waals surface area contributed by atoms with E-state index in [4.69, 9.17) is 5.26 Å². The Morgan fingerprint density at radius 1 is 1.67 bits per heavy atom. The SMILES string of the molecule is CSC(=Nc1ccc(Br)cc1F)NC#N. The number of nitriles is 1. The molecule has 6 heteroatoms. The topological polar surface area (TPSA) is 48.2 Å². The van der Waals surface area contributed by atoms with Gasteiger partial charge in [-0.05, 0) is 24.5 Å². The standard InChI is InChI=1S/C9H7BrFN3S/c1-15-9(13-5-12)14-8-3-2-6(10)4-7(8)11/h2-4H,1H3,(H,13,14). The van der Waals surface area contributed by atoms with Crippen LogP contribution in [0.2, 0.25) is 0 Å². The van der Waals surface area contributed by atoms with E-state index in [0.717, 1.165) is 0 Å². The van der Waals surface area contributed by atoms with Crippen LogP contribution in [-0.4, -0.2) is 11.4 Å². The minimum Gasteiger partial charge on any atom is -0.271 e. The molecular weight excluding hydrogens is 281 g/mol. The lowest BCUT2D eigenvalue weighted by Gasteiger charge is -2.01. The molecule has 1 aromatic carbocycles. The molecule has 0 unspecified atom stereocenters. The lowest BCUT2D eigenvalue weighted by Crippen LogP contribution is -2.12. The molecule has 0 spiro atoms. The molecule has 0 amide bonds. The van der Waals surface area contributed by atoms with Crippen LogP contribution in [0.15, 0.2) is 27.7 Å². The van der Waals surface area contributed by atoms with Crippen molar-refractivity contribution in [2.75, 3.05) is 6.26 Å². The summed E-state index contributed by atoms with van der Waals surface area (Å²) < 4.78 is 14.0. The molecule has 0 atom stereocenters. The summed E-state index contributed by atoms with van der Waals surface area (Å²) in [7, 11) is 0. The van der Waals surface area contributed by atoms with Gasteiger partial charge in [0.15, 0.2) is 11.4 Å². The first-order valence-electron chi connectivity index (χ1n) is 3.90. The van der Waals surface area contributed by atoms with Gasteiger partial charge in [-0.3, -0.25) is 5.32 Å². The van der Waals surface area contributed by atoms with Crippen LogP contribution in [0.5, 0.6) is 0 Å². The molecule has 15 heavy (non-hydrogen) atoms. The zero-order chi connectivity index (χ0) is 11.3. The molecule has 1 N–H and O–H groups in total. The summed E-state index contributed by atoms with van der Waals surface area (Å²) in [6.07, 6.45) is 3.49. The number of hydrogen-bond acceptors (Lipinski definition) is 3. The van der Waals surface area contributed by atoms with Gasteiger partial charge in [0, 0.05) is 4.47 Å². The van der Waals surface area contributed by atoms with Crippen LogP contribution in [-0.2, 0) is 0 Å². The van der Waals surface area contributed by atoms with Gasteiger partial charge in [0.05, 0.1) is 0 Å². The van der Waals surface area contributed by atoms with Gasteiger partial charge in [-0.2, -0.15) is 5.26 Å². The molecule has 3 nitrogen and oxygen atoms in total. The van der Waals surface area contributed by atoms with Gasteiger partial charge in [0.25, 0.3) is 0 Å². The van der Waals surface area contributed by atoms with E-state index in [2.05, 4.69) is 26.2 Å². The molecule has 0 aliphatic heterocycles. The summed E-state index contributed by atoms with van der Waals surface area (Å²) in [5, 5.41) is 11.1. The number of hydrogen-bond donors (Lipinski definition) is 1. The summed E-state index contributed by atoms with van der Waals surface area (Å²) in [5.74, 6) is -0.435. The van der Waals surface area contributed by atoms with E-state index in [0.29, 0.717) is 9.64 Å². The maximum absolute atomic E-state index is 13.3. The Balaban J connectivity index is 3.01. The zero-order valence-electron chi connectivity index (χ0n) is 7.79. The molecule has 0 aliphatic rings. The van der Waals surface area contributed by atoms with Crippen LogP contribution in [0.1, 0.15) is 0 Å². The third kappa shape index (κ3) is 3.53. The maximum atomic E-state index is 13.3. The monoisotopic (exact) mass is 287 g/mol. The Kier molecular flexibility index (Phi) is 4.59. The number of thioether (sulfide) groups is 1. The molecule has 0 aliphatic carbocycles. The number of benzene rings is 1. The fourth-order valence-electron chi connectivity index (χ4n) is 0.854. The second-order valence-electron chi connectivity index (χ2n) is 2.45. The molecule has 0 heterocycles. The Morgan fingerprint density at radius 2 is 2.40 bits per heavy atom. The lowest BCUT2D eigenvalue weighted by molar-refractivity contribution is 0.629. The van der Waals surface area contributed by atoms with Crippen LogP contribution < -0.4 is 5.32 Å². The predicted octanol–water partition coefficient (Wildman–Crippen LogP) is 3.01. The highest BCUT2D eigenvalue weighted by Crippen LogP contribution is 2.22. The Hall–Kier alpha value is -1.06. The van der Waals surface area contributed by atoms with Crippen molar-refractivity contribution >= 4 is 38.5 Å². The highest BCUT2D eigenvalue weighted by atomic mass is 79.9. The van der Waals surface area contributed by atoms with Crippen LogP contribution >= 0.6 is 27.7 Å². The fraction of sp³-hybridized carbons (Fsp3) is 0.111. The second-order valence-corrected chi connectivity index (χ2v) is 4.16. The van der Waals surface area contributed by atoms with E-state index in [1.165, 1.54) is 23.9 Å². The Morgan fingerprint density at radius 3 is 2.93 bits per heavy atom. The highest BCUT2D eigenvalue weighted by molar-refractivity contribution is 9.10. The van der Waals surface area contributed by atoms with Gasteiger partial charge < -0.3 is 0 Å². The van der Waals surface area contributed by atoms with Crippen LogP contribution in [0.4, 0.5) is 10.1 Å². The predicted molar refractivity (Wildman–Crippen MR) is 63.5 cm³/mol. The highest BCUT2D eigenvalue weighted by Gasteiger charge is 2.03. The minimum atomic E-state index is -0.435. The van der Waals surface area contributed by atoms with Gasteiger partial charge in [-0.15, -0.1) is 0 Å². The van der Waals surface area contributed by atoms with Crippen molar-refractivity contribution in [1.29, 1.82) is 5.26 Å². The molecule has 1 aromatic rings.